The Balaban J connectivity index is 1.58. The molecule has 1 aliphatic heterocycles. The van der Waals surface area contributed by atoms with Crippen LogP contribution in [0, 0.1) is 6.92 Å². The van der Waals surface area contributed by atoms with Crippen LogP contribution in [-0.2, 0) is 16.1 Å². The van der Waals surface area contributed by atoms with E-state index in [0.29, 0.717) is 31.9 Å². The molecule has 2 heterocycles. The molecule has 1 N–H and O–H groups in total. The van der Waals surface area contributed by atoms with Gasteiger partial charge in [0.2, 0.25) is 5.91 Å². The Bertz CT molecular complexity index is 1160. The minimum atomic E-state index is -0.339. The lowest BCUT2D eigenvalue weighted by molar-refractivity contribution is -0.134. The van der Waals surface area contributed by atoms with Crippen LogP contribution in [0.2, 0.25) is 0 Å². The van der Waals surface area contributed by atoms with Gasteiger partial charge in [-0.05, 0) is 37.3 Å². The van der Waals surface area contributed by atoms with Crippen LogP contribution in [0.15, 0.2) is 66.9 Å². The van der Waals surface area contributed by atoms with Crippen LogP contribution in [0.5, 0.6) is 5.75 Å². The van der Waals surface area contributed by atoms with E-state index in [1.54, 1.807) is 14.2 Å². The molecular weight excluding hydrogens is 444 g/mol. The van der Waals surface area contributed by atoms with Crippen molar-refractivity contribution in [3.8, 4) is 5.75 Å². The average molecular weight is 477 g/mol. The third-order valence-corrected chi connectivity index (χ3v) is 6.27. The van der Waals surface area contributed by atoms with E-state index >= 15 is 0 Å². The second-order valence-corrected chi connectivity index (χ2v) is 8.57. The number of fused-ring (bicyclic) bond motifs is 1. The van der Waals surface area contributed by atoms with E-state index in [-0.39, 0.29) is 24.5 Å². The molecule has 184 valence electrons. The van der Waals surface area contributed by atoms with Gasteiger partial charge in [-0.15, -0.1) is 0 Å². The Labute approximate surface area is 206 Å². The summed E-state index contributed by atoms with van der Waals surface area (Å²) in [6.07, 6.45) is 2.03. The van der Waals surface area contributed by atoms with Crippen LogP contribution >= 0.6 is 0 Å². The summed E-state index contributed by atoms with van der Waals surface area (Å²) >= 11 is 0. The highest BCUT2D eigenvalue weighted by Crippen LogP contribution is 2.37. The Kier molecular flexibility index (Phi) is 7.72. The smallest absolute Gasteiger partial charge is 0.322 e. The number of aromatic nitrogens is 1. The predicted octanol–water partition coefficient (Wildman–Crippen LogP) is 3.92. The number of amides is 3. The number of carbonyl (C=O) groups is 2. The van der Waals surface area contributed by atoms with Gasteiger partial charge in [0.25, 0.3) is 0 Å². The van der Waals surface area contributed by atoms with Crippen molar-refractivity contribution in [1.82, 2.24) is 14.4 Å². The van der Waals surface area contributed by atoms with Crippen LogP contribution in [-0.4, -0.2) is 66.8 Å². The summed E-state index contributed by atoms with van der Waals surface area (Å²) in [5.41, 5.74) is 3.71. The first kappa shape index (κ1) is 24.3. The number of para-hydroxylation sites is 1. The fourth-order valence-electron chi connectivity index (χ4n) is 4.42. The molecule has 8 heteroatoms. The van der Waals surface area contributed by atoms with E-state index in [0.717, 1.165) is 22.6 Å². The summed E-state index contributed by atoms with van der Waals surface area (Å²) in [6.45, 7) is 3.76. The topological polar surface area (TPSA) is 76.0 Å². The van der Waals surface area contributed by atoms with Crippen molar-refractivity contribution in [1.29, 1.82) is 0 Å². The van der Waals surface area contributed by atoms with Gasteiger partial charge >= 0.3 is 6.03 Å². The van der Waals surface area contributed by atoms with E-state index in [1.807, 2.05) is 78.7 Å². The lowest BCUT2D eigenvalue weighted by Crippen LogP contribution is -2.49. The molecular formula is C27H32N4O4. The lowest BCUT2D eigenvalue weighted by atomic mass is 9.98. The maximum atomic E-state index is 13.7. The van der Waals surface area contributed by atoms with Crippen LogP contribution in [0.25, 0.3) is 0 Å². The minimum Gasteiger partial charge on any atom is -0.496 e. The van der Waals surface area contributed by atoms with Gasteiger partial charge in [0, 0.05) is 49.9 Å². The molecule has 0 radical (unpaired) electrons. The Morgan fingerprint density at radius 1 is 1.03 bits per heavy atom. The number of carbonyl (C=O) groups excluding carboxylic acids is 2. The third-order valence-electron chi connectivity index (χ3n) is 6.27. The highest BCUT2D eigenvalue weighted by atomic mass is 16.5. The second kappa shape index (κ2) is 11.1. The van der Waals surface area contributed by atoms with Gasteiger partial charge in [-0.25, -0.2) is 4.79 Å². The van der Waals surface area contributed by atoms with E-state index < -0.39 is 0 Å². The summed E-state index contributed by atoms with van der Waals surface area (Å²) < 4.78 is 13.0. The molecule has 3 aromatic rings. The molecule has 0 saturated carbocycles. The van der Waals surface area contributed by atoms with Gasteiger partial charge in [0.05, 0.1) is 13.7 Å². The summed E-state index contributed by atoms with van der Waals surface area (Å²) in [5.74, 6) is 0.585. The Morgan fingerprint density at radius 2 is 1.80 bits per heavy atom. The molecule has 0 spiro atoms. The van der Waals surface area contributed by atoms with Gasteiger partial charge in [0.1, 0.15) is 18.3 Å². The number of aryl methyl sites for hydroxylation is 1. The normalized spacial score (nSPS) is 14.8. The molecule has 35 heavy (non-hydrogen) atoms. The first-order chi connectivity index (χ1) is 17.0. The second-order valence-electron chi connectivity index (χ2n) is 8.57. The quantitative estimate of drug-likeness (QED) is 0.535. The van der Waals surface area contributed by atoms with Gasteiger partial charge in [-0.1, -0.05) is 35.9 Å². The van der Waals surface area contributed by atoms with Gasteiger partial charge < -0.3 is 29.2 Å². The zero-order chi connectivity index (χ0) is 24.8. The van der Waals surface area contributed by atoms with Crippen LogP contribution < -0.4 is 10.1 Å². The number of methoxy groups -OCH3 is 2. The van der Waals surface area contributed by atoms with Crippen molar-refractivity contribution in [2.75, 3.05) is 45.8 Å². The lowest BCUT2D eigenvalue weighted by Gasteiger charge is -2.38. The van der Waals surface area contributed by atoms with Gasteiger partial charge in [-0.2, -0.15) is 0 Å². The average Bonchev–Trinajstić information content (AvgIpc) is 3.36. The molecule has 1 unspecified atom stereocenters. The number of nitrogens with zero attached hydrogens (tertiary/aromatic N) is 3. The number of benzene rings is 2. The first-order valence-electron chi connectivity index (χ1n) is 11.7. The van der Waals surface area contributed by atoms with E-state index in [1.165, 1.54) is 4.90 Å². The number of hydrogen-bond acceptors (Lipinski definition) is 4. The monoisotopic (exact) mass is 476 g/mol. The number of rotatable bonds is 8. The van der Waals surface area contributed by atoms with E-state index in [4.69, 9.17) is 9.47 Å². The van der Waals surface area contributed by atoms with Crippen molar-refractivity contribution < 1.29 is 19.1 Å². The number of urea groups is 1. The molecule has 1 atom stereocenters. The standard InChI is InChI=1S/C27H32N4O4/c1-20-10-12-21(13-11-20)28-27(33)30(17-18-34-2)19-25(32)31-16-15-29-14-6-8-23(29)26(31)22-7-4-5-9-24(22)35-3/h4-14,26H,15-19H2,1-3H3,(H,28,33). The maximum Gasteiger partial charge on any atom is 0.322 e. The Hall–Kier alpha value is -3.78. The summed E-state index contributed by atoms with van der Waals surface area (Å²) in [4.78, 5) is 30.1. The Morgan fingerprint density at radius 3 is 2.54 bits per heavy atom. The van der Waals surface area contributed by atoms with Gasteiger partial charge in [0.15, 0.2) is 0 Å². The molecule has 1 aliphatic rings. The fraction of sp³-hybridized carbons (Fsp3) is 0.333. The molecule has 0 fully saturated rings. The molecule has 3 amide bonds. The largest absolute Gasteiger partial charge is 0.496 e. The SMILES string of the molecule is COCCN(CC(=O)N1CCn2cccc2C1c1ccccc1OC)C(=O)Nc1ccc(C)cc1. The highest BCUT2D eigenvalue weighted by Gasteiger charge is 2.35. The molecule has 8 nitrogen and oxygen atoms in total. The van der Waals surface area contributed by atoms with E-state index in [2.05, 4.69) is 9.88 Å². The van der Waals surface area contributed by atoms with Crippen LogP contribution in [0.3, 0.4) is 0 Å². The van der Waals surface area contributed by atoms with Crippen molar-refractivity contribution in [3.63, 3.8) is 0 Å². The zero-order valence-electron chi connectivity index (χ0n) is 20.4. The van der Waals surface area contributed by atoms with Crippen molar-refractivity contribution in [2.24, 2.45) is 0 Å². The predicted molar refractivity (Wildman–Crippen MR) is 135 cm³/mol. The summed E-state index contributed by atoms with van der Waals surface area (Å²) in [5, 5.41) is 2.90. The first-order valence-corrected chi connectivity index (χ1v) is 11.7. The molecule has 0 bridgehead atoms. The number of anilines is 1. The molecule has 2 aromatic carbocycles. The number of ether oxygens (including phenoxy) is 2. The molecule has 0 saturated heterocycles. The van der Waals surface area contributed by atoms with Crippen molar-refractivity contribution in [3.05, 3.63) is 83.7 Å². The number of nitrogens with one attached hydrogen (secondary N) is 1. The zero-order valence-corrected chi connectivity index (χ0v) is 20.4. The van der Waals surface area contributed by atoms with Gasteiger partial charge in [-0.3, -0.25) is 4.79 Å². The number of hydrogen-bond donors (Lipinski definition) is 1. The third kappa shape index (κ3) is 5.49. The maximum absolute atomic E-state index is 13.7. The summed E-state index contributed by atoms with van der Waals surface area (Å²) in [6, 6.07) is 18.7. The minimum absolute atomic E-state index is 0.0621. The molecule has 0 aliphatic carbocycles. The molecule has 4 rings (SSSR count). The van der Waals surface area contributed by atoms with E-state index in [9.17, 15) is 9.59 Å². The fourth-order valence-corrected chi connectivity index (χ4v) is 4.42. The highest BCUT2D eigenvalue weighted by molar-refractivity contribution is 5.92. The molecule has 1 aromatic heterocycles. The van der Waals surface area contributed by atoms with Crippen molar-refractivity contribution >= 4 is 17.6 Å². The summed E-state index contributed by atoms with van der Waals surface area (Å²) in [7, 11) is 3.21. The van der Waals surface area contributed by atoms with Crippen LogP contribution in [0.4, 0.5) is 10.5 Å². The van der Waals surface area contributed by atoms with Crippen molar-refractivity contribution in [2.45, 2.75) is 19.5 Å². The van der Waals surface area contributed by atoms with Crippen LogP contribution in [0.1, 0.15) is 22.9 Å².